The van der Waals surface area contributed by atoms with Gasteiger partial charge in [-0.15, -0.1) is 0 Å². The van der Waals surface area contributed by atoms with Crippen LogP contribution >= 0.6 is 0 Å². The molecule has 2 amide bonds. The fraction of sp³-hybridized carbons (Fsp3) is 0.381. The monoisotopic (exact) mass is 382 g/mol. The van der Waals surface area contributed by atoms with Gasteiger partial charge in [-0.1, -0.05) is 0 Å². The molecule has 1 saturated heterocycles. The number of piperazine rings is 1. The van der Waals surface area contributed by atoms with Gasteiger partial charge in [-0.05, 0) is 57.3 Å². The zero-order valence-corrected chi connectivity index (χ0v) is 16.5. The van der Waals surface area contributed by atoms with Gasteiger partial charge >= 0.3 is 0 Å². The molecular weight excluding hydrogens is 356 g/mol. The molecule has 0 spiro atoms. The number of pyridine rings is 1. The first-order valence-corrected chi connectivity index (χ1v) is 9.44. The number of likely N-dealkylation sites (N-methyl/N-ethyl adjacent to an activating group) is 1. The third kappa shape index (κ3) is 5.07. The largest absolute Gasteiger partial charge is 0.491 e. The second-order valence-corrected chi connectivity index (χ2v) is 7.17. The maximum Gasteiger partial charge on any atom is 0.272 e. The summed E-state index contributed by atoms with van der Waals surface area (Å²) in [7, 11) is 2.03. The van der Waals surface area contributed by atoms with Crippen molar-refractivity contribution in [2.75, 3.05) is 38.5 Å². The number of rotatable bonds is 5. The highest BCUT2D eigenvalue weighted by Gasteiger charge is 2.22. The van der Waals surface area contributed by atoms with E-state index in [4.69, 9.17) is 4.74 Å². The lowest BCUT2D eigenvalue weighted by molar-refractivity contribution is 0.0658. The van der Waals surface area contributed by atoms with Crippen molar-refractivity contribution < 1.29 is 14.3 Å². The number of carbonyl (C=O) groups excluding carboxylic acids is 2. The van der Waals surface area contributed by atoms with E-state index in [1.807, 2.05) is 33.0 Å². The quantitative estimate of drug-likeness (QED) is 0.860. The molecule has 0 aliphatic carbocycles. The Kier molecular flexibility index (Phi) is 6.26. The molecule has 0 saturated carbocycles. The summed E-state index contributed by atoms with van der Waals surface area (Å²) in [4.78, 5) is 33.3. The lowest BCUT2D eigenvalue weighted by Crippen LogP contribution is -2.47. The van der Waals surface area contributed by atoms with E-state index in [2.05, 4.69) is 15.2 Å². The third-order valence-corrected chi connectivity index (χ3v) is 4.52. The van der Waals surface area contributed by atoms with Gasteiger partial charge in [0, 0.05) is 43.6 Å². The maximum atomic E-state index is 12.7. The number of carbonyl (C=O) groups is 2. The number of nitrogens with zero attached hydrogens (tertiary/aromatic N) is 3. The summed E-state index contributed by atoms with van der Waals surface area (Å²) in [5, 5.41) is 2.84. The van der Waals surface area contributed by atoms with Crippen LogP contribution < -0.4 is 10.1 Å². The molecule has 1 N–H and O–H groups in total. The normalized spacial score (nSPS) is 14.8. The second-order valence-electron chi connectivity index (χ2n) is 7.17. The Morgan fingerprint density at radius 3 is 2.39 bits per heavy atom. The van der Waals surface area contributed by atoms with Gasteiger partial charge in [0.15, 0.2) is 0 Å². The summed E-state index contributed by atoms with van der Waals surface area (Å²) >= 11 is 0. The first-order chi connectivity index (χ1) is 13.4. The fourth-order valence-electron chi connectivity index (χ4n) is 2.95. The van der Waals surface area contributed by atoms with Crippen molar-refractivity contribution in [3.05, 3.63) is 53.9 Å². The predicted molar refractivity (Wildman–Crippen MR) is 108 cm³/mol. The molecule has 0 bridgehead atoms. The van der Waals surface area contributed by atoms with E-state index in [1.54, 1.807) is 29.2 Å². The minimum Gasteiger partial charge on any atom is -0.491 e. The van der Waals surface area contributed by atoms with E-state index in [-0.39, 0.29) is 23.6 Å². The van der Waals surface area contributed by atoms with Gasteiger partial charge in [-0.3, -0.25) is 14.6 Å². The number of hydrogen-bond acceptors (Lipinski definition) is 5. The molecule has 3 rings (SSSR count). The summed E-state index contributed by atoms with van der Waals surface area (Å²) in [5.74, 6) is 0.322. The third-order valence-electron chi connectivity index (χ3n) is 4.52. The van der Waals surface area contributed by atoms with Crippen LogP contribution in [-0.2, 0) is 0 Å². The van der Waals surface area contributed by atoms with E-state index in [9.17, 15) is 9.59 Å². The van der Waals surface area contributed by atoms with Crippen molar-refractivity contribution in [2.24, 2.45) is 0 Å². The Balaban J connectivity index is 1.66. The summed E-state index contributed by atoms with van der Waals surface area (Å²) in [6.45, 7) is 6.92. The van der Waals surface area contributed by atoms with Crippen LogP contribution in [0.1, 0.15) is 34.7 Å². The SMILES string of the molecule is CC(C)Oc1ccc(NC(=O)c2ccnc(C(=O)N3CCN(C)CC3)c2)cc1. The van der Waals surface area contributed by atoms with Gasteiger partial charge in [-0.2, -0.15) is 0 Å². The maximum absolute atomic E-state index is 12.7. The number of nitrogens with one attached hydrogen (secondary N) is 1. The van der Waals surface area contributed by atoms with Crippen LogP contribution in [-0.4, -0.2) is 65.9 Å². The topological polar surface area (TPSA) is 74.8 Å². The van der Waals surface area contributed by atoms with Crippen molar-refractivity contribution >= 4 is 17.5 Å². The van der Waals surface area contributed by atoms with Gasteiger partial charge in [0.2, 0.25) is 0 Å². The van der Waals surface area contributed by atoms with Crippen molar-refractivity contribution in [2.45, 2.75) is 20.0 Å². The van der Waals surface area contributed by atoms with Crippen molar-refractivity contribution in [3.63, 3.8) is 0 Å². The fourth-order valence-corrected chi connectivity index (χ4v) is 2.95. The van der Waals surface area contributed by atoms with Gasteiger partial charge in [-0.25, -0.2) is 0 Å². The number of amides is 2. The molecular formula is C21H26N4O3. The molecule has 0 atom stereocenters. The lowest BCUT2D eigenvalue weighted by Gasteiger charge is -2.32. The van der Waals surface area contributed by atoms with Crippen molar-refractivity contribution in [1.29, 1.82) is 0 Å². The molecule has 2 heterocycles. The highest BCUT2D eigenvalue weighted by atomic mass is 16.5. The molecule has 1 aromatic carbocycles. The highest BCUT2D eigenvalue weighted by Crippen LogP contribution is 2.18. The van der Waals surface area contributed by atoms with Crippen LogP contribution in [0.4, 0.5) is 5.69 Å². The first kappa shape index (κ1) is 19.8. The Labute approximate surface area is 165 Å². The Morgan fingerprint density at radius 1 is 1.07 bits per heavy atom. The van der Waals surface area contributed by atoms with Crippen molar-refractivity contribution in [1.82, 2.24) is 14.8 Å². The number of benzene rings is 1. The number of aromatic nitrogens is 1. The van der Waals surface area contributed by atoms with E-state index >= 15 is 0 Å². The number of ether oxygens (including phenoxy) is 1. The number of hydrogen-bond donors (Lipinski definition) is 1. The zero-order chi connectivity index (χ0) is 20.1. The van der Waals surface area contributed by atoms with Crippen molar-refractivity contribution in [3.8, 4) is 5.75 Å². The molecule has 1 aliphatic heterocycles. The summed E-state index contributed by atoms with van der Waals surface area (Å²) in [5.41, 5.74) is 1.35. The predicted octanol–water partition coefficient (Wildman–Crippen LogP) is 2.51. The average Bonchev–Trinajstić information content (AvgIpc) is 2.69. The molecule has 7 nitrogen and oxygen atoms in total. The second kappa shape index (κ2) is 8.84. The van der Waals surface area contributed by atoms with Crippen LogP contribution in [0.5, 0.6) is 5.75 Å². The van der Waals surface area contributed by atoms with Crippen LogP contribution in [0.3, 0.4) is 0 Å². The van der Waals surface area contributed by atoms with Gasteiger partial charge < -0.3 is 19.9 Å². The lowest BCUT2D eigenvalue weighted by atomic mass is 10.2. The Hall–Kier alpha value is -2.93. The van der Waals surface area contributed by atoms with E-state index < -0.39 is 0 Å². The minimum atomic E-state index is -0.285. The summed E-state index contributed by atoms with van der Waals surface area (Å²) < 4.78 is 5.60. The summed E-state index contributed by atoms with van der Waals surface area (Å²) in [6.07, 6.45) is 1.59. The molecule has 148 valence electrons. The van der Waals surface area contributed by atoms with E-state index in [0.717, 1.165) is 18.8 Å². The molecule has 1 aromatic heterocycles. The van der Waals surface area contributed by atoms with Gasteiger partial charge in [0.1, 0.15) is 11.4 Å². The van der Waals surface area contributed by atoms with E-state index in [0.29, 0.717) is 24.3 Å². The van der Waals surface area contributed by atoms with Gasteiger partial charge in [0.05, 0.1) is 6.10 Å². The Morgan fingerprint density at radius 2 is 1.75 bits per heavy atom. The smallest absolute Gasteiger partial charge is 0.272 e. The molecule has 2 aromatic rings. The molecule has 1 aliphatic rings. The summed E-state index contributed by atoms with van der Waals surface area (Å²) in [6, 6.07) is 10.3. The average molecular weight is 382 g/mol. The van der Waals surface area contributed by atoms with E-state index in [1.165, 1.54) is 6.20 Å². The zero-order valence-electron chi connectivity index (χ0n) is 16.5. The molecule has 28 heavy (non-hydrogen) atoms. The molecule has 7 heteroatoms. The van der Waals surface area contributed by atoms with Crippen LogP contribution in [0, 0.1) is 0 Å². The number of anilines is 1. The first-order valence-electron chi connectivity index (χ1n) is 9.44. The van der Waals surface area contributed by atoms with Crippen LogP contribution in [0.25, 0.3) is 0 Å². The minimum absolute atomic E-state index is 0.0912. The highest BCUT2D eigenvalue weighted by molar-refractivity contribution is 6.05. The van der Waals surface area contributed by atoms with Crippen LogP contribution in [0.15, 0.2) is 42.6 Å². The van der Waals surface area contributed by atoms with Crippen LogP contribution in [0.2, 0.25) is 0 Å². The molecule has 0 unspecified atom stereocenters. The Bertz CT molecular complexity index is 828. The van der Waals surface area contributed by atoms with Gasteiger partial charge in [0.25, 0.3) is 11.8 Å². The molecule has 0 radical (unpaired) electrons. The molecule has 1 fully saturated rings. The standard InChI is InChI=1S/C21H26N4O3/c1-15(2)28-18-6-4-17(5-7-18)23-20(26)16-8-9-22-19(14-16)21(27)25-12-10-24(3)11-13-25/h4-9,14-15H,10-13H2,1-3H3,(H,23,26).